The molecule has 1 unspecified atom stereocenters. The summed E-state index contributed by atoms with van der Waals surface area (Å²) in [7, 11) is 0. The smallest absolute Gasteiger partial charge is 0.232 e. The molecule has 26 heavy (non-hydrogen) atoms. The van der Waals surface area contributed by atoms with Crippen LogP contribution in [-0.4, -0.2) is 15.3 Å². The van der Waals surface area contributed by atoms with E-state index in [0.717, 1.165) is 42.5 Å². The largest absolute Gasteiger partial charge is 0.611 e. The van der Waals surface area contributed by atoms with E-state index in [1.807, 2.05) is 36.6 Å². The molecular weight excluding hydrogens is 380 g/mol. The van der Waals surface area contributed by atoms with Gasteiger partial charge in [0.25, 0.3) is 0 Å². The molecule has 0 spiro atoms. The van der Waals surface area contributed by atoms with Gasteiger partial charge in [-0.05, 0) is 46.2 Å². The molecule has 0 aliphatic carbocycles. The van der Waals surface area contributed by atoms with Crippen molar-refractivity contribution in [1.29, 1.82) is 0 Å². The van der Waals surface area contributed by atoms with E-state index in [2.05, 4.69) is 24.3 Å². The monoisotopic (exact) mass is 398 g/mol. The Morgan fingerprint density at radius 2 is 1.96 bits per heavy atom. The number of nitrogen functional groups attached to an aromatic ring is 1. The number of aromatic nitrogens is 1. The Hall–Kier alpha value is -1.86. The van der Waals surface area contributed by atoms with Gasteiger partial charge in [-0.25, -0.2) is 4.98 Å². The van der Waals surface area contributed by atoms with Crippen molar-refractivity contribution < 1.29 is 4.55 Å². The van der Waals surface area contributed by atoms with E-state index in [9.17, 15) is 4.55 Å². The van der Waals surface area contributed by atoms with Crippen LogP contribution in [0.4, 0.5) is 5.69 Å². The molecular formula is C20H18N2OS3. The summed E-state index contributed by atoms with van der Waals surface area (Å²) >= 11 is 2.05. The average molecular weight is 399 g/mol. The number of pyridine rings is 1. The summed E-state index contributed by atoms with van der Waals surface area (Å²) in [5.74, 6) is 0.621. The molecule has 3 nitrogen and oxygen atoms in total. The van der Waals surface area contributed by atoms with Crippen LogP contribution in [0, 0.1) is 0 Å². The summed E-state index contributed by atoms with van der Waals surface area (Å²) in [6.07, 6.45) is 0.861. The fraction of sp³-hybridized carbons (Fsp3) is 0.150. The van der Waals surface area contributed by atoms with Gasteiger partial charge >= 0.3 is 0 Å². The highest BCUT2D eigenvalue weighted by molar-refractivity contribution is 7.93. The van der Waals surface area contributed by atoms with E-state index < -0.39 is 11.2 Å². The Kier molecular flexibility index (Phi) is 5.00. The van der Waals surface area contributed by atoms with Gasteiger partial charge in [-0.15, -0.1) is 11.3 Å². The summed E-state index contributed by atoms with van der Waals surface area (Å²) in [5.41, 5.74) is 10.1. The van der Waals surface area contributed by atoms with Crippen molar-refractivity contribution in [1.82, 2.24) is 4.98 Å². The highest BCUT2D eigenvalue weighted by Gasteiger charge is 2.24. The van der Waals surface area contributed by atoms with Crippen LogP contribution in [0.25, 0.3) is 31.9 Å². The van der Waals surface area contributed by atoms with Gasteiger partial charge in [-0.3, -0.25) is 0 Å². The lowest BCUT2D eigenvalue weighted by Gasteiger charge is -2.08. The van der Waals surface area contributed by atoms with E-state index in [1.165, 1.54) is 11.3 Å². The fourth-order valence-electron chi connectivity index (χ4n) is 2.94. The average Bonchev–Trinajstić information content (AvgIpc) is 3.30. The minimum Gasteiger partial charge on any atom is -0.611 e. The van der Waals surface area contributed by atoms with E-state index in [1.54, 1.807) is 11.3 Å². The number of benzene rings is 1. The zero-order valence-electron chi connectivity index (χ0n) is 14.3. The topological polar surface area (TPSA) is 62.0 Å². The van der Waals surface area contributed by atoms with Gasteiger partial charge in [-0.1, -0.05) is 54.7 Å². The first-order chi connectivity index (χ1) is 12.7. The van der Waals surface area contributed by atoms with E-state index in [4.69, 9.17) is 10.7 Å². The van der Waals surface area contributed by atoms with E-state index in [0.29, 0.717) is 11.4 Å². The molecule has 6 heteroatoms. The molecule has 0 saturated heterocycles. The van der Waals surface area contributed by atoms with Gasteiger partial charge in [0.2, 0.25) is 4.21 Å². The molecule has 0 amide bonds. The summed E-state index contributed by atoms with van der Waals surface area (Å²) in [5, 5.41) is 2.97. The number of rotatable bonds is 5. The zero-order valence-corrected chi connectivity index (χ0v) is 16.7. The number of fused-ring (bicyclic) bond motifs is 1. The predicted octanol–water partition coefficient (Wildman–Crippen LogP) is 5.79. The van der Waals surface area contributed by atoms with Crippen molar-refractivity contribution in [2.24, 2.45) is 0 Å². The second-order valence-corrected chi connectivity index (χ2v) is 9.64. The van der Waals surface area contributed by atoms with Crippen molar-refractivity contribution in [3.8, 4) is 21.7 Å². The number of nitrogens with two attached hydrogens (primary N) is 1. The molecule has 132 valence electrons. The molecule has 3 aromatic heterocycles. The van der Waals surface area contributed by atoms with Crippen LogP contribution in [0.1, 0.15) is 13.3 Å². The standard InChI is InChI=1S/C20H18N2OS3/c1-2-11-26(23)20-18(21)17-14(13-7-4-3-5-8-13)12-15(22-19(17)25-20)16-9-6-10-24-16/h3-10,12H,2,11,21H2,1H3. The minimum absolute atomic E-state index is 0.612. The van der Waals surface area contributed by atoms with Gasteiger partial charge in [-0.2, -0.15) is 0 Å². The molecule has 4 aromatic rings. The maximum Gasteiger partial charge on any atom is 0.232 e. The third-order valence-electron chi connectivity index (χ3n) is 4.12. The Morgan fingerprint density at radius 3 is 2.65 bits per heavy atom. The number of anilines is 1. The molecule has 1 aromatic carbocycles. The number of nitrogens with zero attached hydrogens (tertiary/aromatic N) is 1. The molecule has 0 bridgehead atoms. The SMILES string of the molecule is CCC[S+]([O-])c1sc2nc(-c3cccs3)cc(-c3ccccc3)c2c1N. The lowest BCUT2D eigenvalue weighted by atomic mass is 10.0. The van der Waals surface area contributed by atoms with Crippen LogP contribution in [0.15, 0.2) is 58.1 Å². The number of thiophene rings is 2. The highest BCUT2D eigenvalue weighted by atomic mass is 32.2. The van der Waals surface area contributed by atoms with Crippen molar-refractivity contribution >= 4 is 49.8 Å². The number of hydrogen-bond donors (Lipinski definition) is 1. The molecule has 1 atom stereocenters. The maximum absolute atomic E-state index is 12.6. The molecule has 3 heterocycles. The lowest BCUT2D eigenvalue weighted by Crippen LogP contribution is -2.06. The molecule has 0 aliphatic heterocycles. The fourth-order valence-corrected chi connectivity index (χ4v) is 6.25. The van der Waals surface area contributed by atoms with Gasteiger partial charge in [0.05, 0.1) is 10.6 Å². The van der Waals surface area contributed by atoms with Crippen LogP contribution >= 0.6 is 22.7 Å². The van der Waals surface area contributed by atoms with Crippen LogP contribution in [0.2, 0.25) is 0 Å². The van der Waals surface area contributed by atoms with Gasteiger partial charge in [0.1, 0.15) is 16.3 Å². The van der Waals surface area contributed by atoms with E-state index >= 15 is 0 Å². The quantitative estimate of drug-likeness (QED) is 0.433. The maximum atomic E-state index is 12.6. The molecule has 0 aliphatic rings. The second kappa shape index (κ2) is 7.40. The zero-order chi connectivity index (χ0) is 18.1. The Morgan fingerprint density at radius 1 is 1.15 bits per heavy atom. The third-order valence-corrected chi connectivity index (χ3v) is 8.13. The van der Waals surface area contributed by atoms with Gasteiger partial charge in [0.15, 0.2) is 0 Å². The Labute approximate surface area is 163 Å². The van der Waals surface area contributed by atoms with Gasteiger partial charge < -0.3 is 10.3 Å². The summed E-state index contributed by atoms with van der Waals surface area (Å²) in [6.45, 7) is 2.03. The van der Waals surface area contributed by atoms with Crippen molar-refractivity contribution in [3.63, 3.8) is 0 Å². The number of hydrogen-bond acceptors (Lipinski definition) is 5. The predicted molar refractivity (Wildman–Crippen MR) is 114 cm³/mol. The van der Waals surface area contributed by atoms with Gasteiger partial charge in [0, 0.05) is 5.39 Å². The first kappa shape index (κ1) is 17.5. The molecule has 0 saturated carbocycles. The van der Waals surface area contributed by atoms with Crippen LogP contribution in [0.3, 0.4) is 0 Å². The molecule has 0 radical (unpaired) electrons. The molecule has 4 rings (SSSR count). The van der Waals surface area contributed by atoms with Crippen LogP contribution in [0.5, 0.6) is 0 Å². The minimum atomic E-state index is -1.08. The first-order valence-corrected chi connectivity index (χ1v) is 11.4. The molecule has 0 fully saturated rings. The first-order valence-electron chi connectivity index (χ1n) is 8.39. The summed E-state index contributed by atoms with van der Waals surface area (Å²) in [4.78, 5) is 6.81. The van der Waals surface area contributed by atoms with Crippen molar-refractivity contribution in [2.45, 2.75) is 17.6 Å². The van der Waals surface area contributed by atoms with E-state index in [-0.39, 0.29) is 0 Å². The Bertz CT molecular complexity index is 1030. The van der Waals surface area contributed by atoms with Crippen molar-refractivity contribution in [2.75, 3.05) is 11.5 Å². The Balaban J connectivity index is 1.99. The summed E-state index contributed by atoms with van der Waals surface area (Å²) in [6, 6.07) is 16.4. The second-order valence-electron chi connectivity index (χ2n) is 5.93. The lowest BCUT2D eigenvalue weighted by molar-refractivity contribution is 0.596. The van der Waals surface area contributed by atoms with Crippen LogP contribution < -0.4 is 5.73 Å². The van der Waals surface area contributed by atoms with Crippen LogP contribution in [-0.2, 0) is 11.2 Å². The third kappa shape index (κ3) is 3.14. The molecule has 2 N–H and O–H groups in total. The van der Waals surface area contributed by atoms with Crippen molar-refractivity contribution in [3.05, 3.63) is 53.9 Å². The highest BCUT2D eigenvalue weighted by Crippen LogP contribution is 2.43. The normalized spacial score (nSPS) is 12.5. The summed E-state index contributed by atoms with van der Waals surface area (Å²) < 4.78 is 13.4.